The van der Waals surface area contributed by atoms with E-state index < -0.39 is 24.1 Å². The molecular weight excluding hydrogens is 275 g/mol. The molecule has 0 aromatic rings. The number of carboxylic acids is 2. The zero-order chi connectivity index (χ0) is 8.31. The fourth-order valence-electron chi connectivity index (χ4n) is 0.270. The van der Waals surface area contributed by atoms with Crippen LogP contribution in [-0.2, 0) is 48.5 Å². The van der Waals surface area contributed by atoms with Crippen molar-refractivity contribution in [3.63, 3.8) is 0 Å². The molecule has 8 heteroatoms. The van der Waals surface area contributed by atoms with Crippen molar-refractivity contribution < 1.29 is 69.0 Å². The van der Waals surface area contributed by atoms with Crippen molar-refractivity contribution in [2.24, 2.45) is 0 Å². The maximum Gasteiger partial charge on any atom is 0.335 e. The molecule has 0 saturated carbocycles. The van der Waals surface area contributed by atoms with Crippen LogP contribution in [0.3, 0.4) is 0 Å². The summed E-state index contributed by atoms with van der Waals surface area (Å²) in [6.07, 6.45) is -4.53. The largest absolute Gasteiger partial charge is 0.479 e. The number of aliphatic hydroxyl groups excluding tert-OH is 2. The zero-order valence-electron chi connectivity index (χ0n) is 6.17. The minimum Gasteiger partial charge on any atom is -0.479 e. The van der Waals surface area contributed by atoms with E-state index in [-0.39, 0.29) is 39.0 Å². The van der Waals surface area contributed by atoms with Crippen LogP contribution in [0.2, 0.25) is 0 Å². The van der Waals surface area contributed by atoms with Gasteiger partial charge in [-0.15, -0.1) is 0 Å². The number of hydrogen-bond acceptors (Lipinski definition) is 4. The van der Waals surface area contributed by atoms with Crippen molar-refractivity contribution in [3.05, 3.63) is 0 Å². The molecule has 0 aliphatic carbocycles. The first-order valence-corrected chi connectivity index (χ1v) is 2.28. The summed E-state index contributed by atoms with van der Waals surface area (Å²) in [5.41, 5.74) is 0. The van der Waals surface area contributed by atoms with Crippen molar-refractivity contribution >= 4 is 11.9 Å². The Labute approximate surface area is 93.1 Å². The monoisotopic (exact) mass is 278 g/mol. The number of aliphatic hydroxyl groups is 2. The van der Waals surface area contributed by atoms with E-state index in [0.717, 1.165) is 0 Å². The third-order valence-electron chi connectivity index (χ3n) is 0.805. The van der Waals surface area contributed by atoms with Gasteiger partial charge in [-0.05, 0) is 0 Å². The van der Waals surface area contributed by atoms with Gasteiger partial charge in [0.2, 0.25) is 0 Å². The summed E-state index contributed by atoms with van der Waals surface area (Å²) in [6, 6.07) is 0. The normalized spacial score (nSPS) is 13.2. The minimum atomic E-state index is -2.27. The second-order valence-corrected chi connectivity index (χ2v) is 1.57. The molecule has 0 aliphatic heterocycles. The van der Waals surface area contributed by atoms with Gasteiger partial charge in [0.15, 0.2) is 12.2 Å². The number of carbonyl (C=O) groups is 2. The molecule has 0 radical (unpaired) electrons. The molecule has 12 heavy (non-hydrogen) atoms. The average molecular weight is 281 g/mol. The van der Waals surface area contributed by atoms with Gasteiger partial charge in [0.25, 0.3) is 0 Å². The van der Waals surface area contributed by atoms with Gasteiger partial charge < -0.3 is 20.4 Å². The Morgan fingerprint density at radius 1 is 0.833 bits per heavy atom. The van der Waals surface area contributed by atoms with Gasteiger partial charge in [0, 0.05) is 39.0 Å². The number of carboxylic acid groups (broad SMARTS) is 2. The van der Waals surface area contributed by atoms with E-state index in [0.29, 0.717) is 0 Å². The summed E-state index contributed by atoms with van der Waals surface area (Å²) in [5, 5.41) is 32.5. The first-order chi connectivity index (χ1) is 4.46. The van der Waals surface area contributed by atoms with Gasteiger partial charge >= 0.3 is 11.9 Å². The smallest absolute Gasteiger partial charge is 0.335 e. The first-order valence-electron chi connectivity index (χ1n) is 2.28. The van der Waals surface area contributed by atoms with Crippen molar-refractivity contribution in [2.75, 3.05) is 0 Å². The molecule has 0 saturated heterocycles. The molecule has 2 atom stereocenters. The number of rotatable bonds is 3. The number of aliphatic carboxylic acids is 2. The maximum absolute atomic E-state index is 9.77. The molecule has 0 amide bonds. The van der Waals surface area contributed by atoms with E-state index in [2.05, 4.69) is 0 Å². The van der Waals surface area contributed by atoms with E-state index >= 15 is 0 Å². The Morgan fingerprint density at radius 3 is 1.08 bits per heavy atom. The summed E-state index contributed by atoms with van der Waals surface area (Å²) >= 11 is 0. The molecule has 4 N–H and O–H groups in total. The van der Waals surface area contributed by atoms with E-state index in [1.54, 1.807) is 0 Å². The molecule has 6 nitrogen and oxygen atoms in total. The quantitative estimate of drug-likeness (QED) is 0.439. The Morgan fingerprint density at radius 2 is 1.00 bits per heavy atom. The van der Waals surface area contributed by atoms with Crippen LogP contribution in [0.4, 0.5) is 0 Å². The summed E-state index contributed by atoms with van der Waals surface area (Å²) in [6.45, 7) is 0. The van der Waals surface area contributed by atoms with Crippen LogP contribution in [0.5, 0.6) is 0 Å². The van der Waals surface area contributed by atoms with Gasteiger partial charge in [-0.25, -0.2) is 9.59 Å². The van der Waals surface area contributed by atoms with Gasteiger partial charge in [-0.1, -0.05) is 0 Å². The summed E-state index contributed by atoms with van der Waals surface area (Å²) in [7, 11) is 0. The van der Waals surface area contributed by atoms with E-state index in [9.17, 15) is 9.59 Å². The predicted octanol–water partition coefficient (Wildman–Crippen LogP) is -2.13. The Kier molecular flexibility index (Phi) is 11.6. The van der Waals surface area contributed by atoms with Crippen molar-refractivity contribution in [2.45, 2.75) is 12.2 Å². The van der Waals surface area contributed by atoms with Crippen LogP contribution < -0.4 is 0 Å². The zero-order valence-corrected chi connectivity index (χ0v) is 12.1. The topological polar surface area (TPSA) is 115 Å². The molecule has 0 bridgehead atoms. The Bertz CT molecular complexity index is 142. The number of hydrogen-bond donors (Lipinski definition) is 4. The molecule has 2 unspecified atom stereocenters. The molecule has 0 aromatic heterocycles. The van der Waals surface area contributed by atoms with Crippen LogP contribution in [0.1, 0.15) is 0 Å². The summed E-state index contributed by atoms with van der Waals surface area (Å²) in [5.74, 6) is -3.54. The van der Waals surface area contributed by atoms with E-state index in [1.807, 2.05) is 0 Å². The Balaban J connectivity index is -0.000000405. The molecule has 0 rings (SSSR count). The summed E-state index contributed by atoms with van der Waals surface area (Å²) in [4.78, 5) is 19.5. The fourth-order valence-corrected chi connectivity index (χ4v) is 0.270. The molecule has 0 spiro atoms. The van der Waals surface area contributed by atoms with Crippen molar-refractivity contribution in [1.29, 1.82) is 0 Å². The van der Waals surface area contributed by atoms with Crippen LogP contribution >= 0.6 is 0 Å². The molecule has 0 aliphatic rings. The van der Waals surface area contributed by atoms with Crippen molar-refractivity contribution in [3.8, 4) is 0 Å². The Hall–Kier alpha value is 0.107. The second-order valence-electron chi connectivity index (χ2n) is 1.57. The standard InChI is InChI=1S/C4H6O6.2Zn/c5-1(3(7)8)2(6)4(9)10;;/h1-2,5-6H,(H,7,8)(H,9,10);;. The first kappa shape index (κ1) is 18.0. The van der Waals surface area contributed by atoms with Gasteiger partial charge in [0.05, 0.1) is 0 Å². The minimum absolute atomic E-state index is 0. The third-order valence-corrected chi connectivity index (χ3v) is 0.805. The van der Waals surface area contributed by atoms with E-state index in [1.165, 1.54) is 0 Å². The second kappa shape index (κ2) is 7.74. The van der Waals surface area contributed by atoms with Gasteiger partial charge in [0.1, 0.15) is 0 Å². The van der Waals surface area contributed by atoms with Crippen LogP contribution in [0.15, 0.2) is 0 Å². The fraction of sp³-hybridized carbons (Fsp3) is 0.500. The third kappa shape index (κ3) is 5.72. The molecule has 0 fully saturated rings. The average Bonchev–Trinajstić information content (AvgIpc) is 1.84. The van der Waals surface area contributed by atoms with Gasteiger partial charge in [-0.2, -0.15) is 0 Å². The molecule has 0 aromatic carbocycles. The summed E-state index contributed by atoms with van der Waals surface area (Å²) < 4.78 is 0. The molecule has 62 valence electrons. The van der Waals surface area contributed by atoms with Gasteiger partial charge in [-0.3, -0.25) is 0 Å². The van der Waals surface area contributed by atoms with Crippen LogP contribution in [0, 0.1) is 0 Å². The SMILES string of the molecule is O=C(O)C(O)C(O)C(=O)O.[Zn].[Zn]. The van der Waals surface area contributed by atoms with Crippen molar-refractivity contribution in [1.82, 2.24) is 0 Å². The maximum atomic E-state index is 9.77. The molecular formula is C4H6O6Zn2. The van der Waals surface area contributed by atoms with Crippen LogP contribution in [-0.4, -0.2) is 44.6 Å². The van der Waals surface area contributed by atoms with Crippen LogP contribution in [0.25, 0.3) is 0 Å². The van der Waals surface area contributed by atoms with E-state index in [4.69, 9.17) is 20.4 Å². The predicted molar refractivity (Wildman–Crippen MR) is 27.3 cm³/mol. The molecule has 0 heterocycles.